The Morgan fingerprint density at radius 3 is 2.88 bits per heavy atom. The van der Waals surface area contributed by atoms with Crippen molar-refractivity contribution in [3.63, 3.8) is 0 Å². The van der Waals surface area contributed by atoms with Crippen LogP contribution in [0.5, 0.6) is 0 Å². The second-order valence-electron chi connectivity index (χ2n) is 3.85. The van der Waals surface area contributed by atoms with Gasteiger partial charge in [-0.1, -0.05) is 0 Å². The number of ether oxygens (including phenoxy) is 1. The van der Waals surface area contributed by atoms with E-state index in [0.717, 1.165) is 18.5 Å². The number of methoxy groups -OCH3 is 1. The summed E-state index contributed by atoms with van der Waals surface area (Å²) >= 11 is 3.33. The minimum atomic E-state index is -0.257. The van der Waals surface area contributed by atoms with E-state index in [0.29, 0.717) is 17.6 Å². The number of hydrogen-bond acceptors (Lipinski definition) is 3. The van der Waals surface area contributed by atoms with Gasteiger partial charge in [0, 0.05) is 23.3 Å². The maximum atomic E-state index is 12.9. The minimum Gasteiger partial charge on any atom is -0.383 e. The van der Waals surface area contributed by atoms with E-state index in [1.165, 1.54) is 12.1 Å². The monoisotopic (exact) mass is 304 g/mol. The lowest BCUT2D eigenvalue weighted by Crippen LogP contribution is -2.26. The number of anilines is 1. The standard InChI is InChI=1S/C12H18BrFN2O/c1-17-8-10(3-2-6-15)16-12-5-4-9(14)7-11(12)13/h4-5,7,10,16H,2-3,6,8,15H2,1H3. The topological polar surface area (TPSA) is 47.3 Å². The van der Waals surface area contributed by atoms with E-state index >= 15 is 0 Å². The van der Waals surface area contributed by atoms with Gasteiger partial charge in [-0.2, -0.15) is 0 Å². The van der Waals surface area contributed by atoms with E-state index in [1.807, 2.05) is 0 Å². The van der Waals surface area contributed by atoms with Crippen molar-refractivity contribution in [2.75, 3.05) is 25.6 Å². The first-order chi connectivity index (χ1) is 8.17. The van der Waals surface area contributed by atoms with Crippen LogP contribution in [0, 0.1) is 5.82 Å². The summed E-state index contributed by atoms with van der Waals surface area (Å²) in [5.74, 6) is -0.257. The lowest BCUT2D eigenvalue weighted by atomic mass is 10.1. The van der Waals surface area contributed by atoms with Gasteiger partial charge < -0.3 is 15.8 Å². The van der Waals surface area contributed by atoms with Gasteiger partial charge in [-0.05, 0) is 53.5 Å². The molecule has 0 aromatic heterocycles. The van der Waals surface area contributed by atoms with Crippen LogP contribution in [0.3, 0.4) is 0 Å². The molecule has 0 heterocycles. The van der Waals surface area contributed by atoms with Crippen molar-refractivity contribution in [3.05, 3.63) is 28.5 Å². The van der Waals surface area contributed by atoms with Crippen LogP contribution in [0.25, 0.3) is 0 Å². The molecule has 0 fully saturated rings. The fourth-order valence-corrected chi connectivity index (χ4v) is 2.05. The van der Waals surface area contributed by atoms with E-state index in [4.69, 9.17) is 10.5 Å². The molecule has 0 aliphatic rings. The van der Waals surface area contributed by atoms with Crippen LogP contribution < -0.4 is 11.1 Å². The first-order valence-corrected chi connectivity index (χ1v) is 6.37. The zero-order valence-corrected chi connectivity index (χ0v) is 11.5. The van der Waals surface area contributed by atoms with Crippen LogP contribution >= 0.6 is 15.9 Å². The van der Waals surface area contributed by atoms with Crippen LogP contribution in [0.1, 0.15) is 12.8 Å². The summed E-state index contributed by atoms with van der Waals surface area (Å²) in [6.45, 7) is 1.26. The Hall–Kier alpha value is -0.650. The van der Waals surface area contributed by atoms with Crippen molar-refractivity contribution < 1.29 is 9.13 Å². The molecule has 3 nitrogen and oxygen atoms in total. The number of hydrogen-bond donors (Lipinski definition) is 2. The molecule has 0 bridgehead atoms. The number of rotatable bonds is 7. The third kappa shape index (κ3) is 5.02. The van der Waals surface area contributed by atoms with E-state index in [2.05, 4.69) is 21.2 Å². The maximum Gasteiger partial charge on any atom is 0.124 e. The zero-order valence-electron chi connectivity index (χ0n) is 9.88. The highest BCUT2D eigenvalue weighted by molar-refractivity contribution is 9.10. The van der Waals surface area contributed by atoms with E-state index in [-0.39, 0.29) is 11.9 Å². The molecule has 1 rings (SSSR count). The molecule has 1 aromatic carbocycles. The van der Waals surface area contributed by atoms with Crippen molar-refractivity contribution in [2.45, 2.75) is 18.9 Å². The third-order valence-electron chi connectivity index (χ3n) is 2.42. The van der Waals surface area contributed by atoms with Gasteiger partial charge in [0.05, 0.1) is 6.61 Å². The molecule has 0 saturated heterocycles. The quantitative estimate of drug-likeness (QED) is 0.814. The molecule has 96 valence electrons. The summed E-state index contributed by atoms with van der Waals surface area (Å²) in [4.78, 5) is 0. The Bertz CT molecular complexity index is 349. The Morgan fingerprint density at radius 2 is 2.29 bits per heavy atom. The summed E-state index contributed by atoms with van der Waals surface area (Å²) in [7, 11) is 1.66. The lowest BCUT2D eigenvalue weighted by Gasteiger charge is -2.19. The molecule has 1 unspecified atom stereocenters. The van der Waals surface area contributed by atoms with Crippen molar-refractivity contribution in [1.82, 2.24) is 0 Å². The van der Waals surface area contributed by atoms with Crippen LogP contribution in [0.2, 0.25) is 0 Å². The average Bonchev–Trinajstić information content (AvgIpc) is 2.29. The fraction of sp³-hybridized carbons (Fsp3) is 0.500. The normalized spacial score (nSPS) is 12.5. The second-order valence-corrected chi connectivity index (χ2v) is 4.71. The highest BCUT2D eigenvalue weighted by Gasteiger charge is 2.10. The molecule has 5 heteroatoms. The molecular formula is C12H18BrFN2O. The van der Waals surface area contributed by atoms with Crippen molar-refractivity contribution in [3.8, 4) is 0 Å². The number of nitrogens with two attached hydrogens (primary N) is 1. The van der Waals surface area contributed by atoms with Gasteiger partial charge >= 0.3 is 0 Å². The van der Waals surface area contributed by atoms with Gasteiger partial charge in [0.25, 0.3) is 0 Å². The fourth-order valence-electron chi connectivity index (χ4n) is 1.59. The summed E-state index contributed by atoms with van der Waals surface area (Å²) in [6, 6.07) is 4.77. The highest BCUT2D eigenvalue weighted by atomic mass is 79.9. The van der Waals surface area contributed by atoms with Crippen molar-refractivity contribution in [2.24, 2.45) is 5.73 Å². The van der Waals surface area contributed by atoms with Gasteiger partial charge in [-0.25, -0.2) is 4.39 Å². The van der Waals surface area contributed by atoms with E-state index in [9.17, 15) is 4.39 Å². The predicted octanol–water partition coefficient (Wildman–Crippen LogP) is 2.75. The number of benzene rings is 1. The van der Waals surface area contributed by atoms with Crippen LogP contribution in [-0.4, -0.2) is 26.3 Å². The van der Waals surface area contributed by atoms with Gasteiger partial charge in [0.15, 0.2) is 0 Å². The Labute approximate surface area is 110 Å². The van der Waals surface area contributed by atoms with Crippen molar-refractivity contribution in [1.29, 1.82) is 0 Å². The first kappa shape index (κ1) is 14.4. The first-order valence-electron chi connectivity index (χ1n) is 5.58. The highest BCUT2D eigenvalue weighted by Crippen LogP contribution is 2.24. The van der Waals surface area contributed by atoms with E-state index < -0.39 is 0 Å². The molecule has 0 aliphatic carbocycles. The molecule has 1 atom stereocenters. The third-order valence-corrected chi connectivity index (χ3v) is 3.07. The molecule has 17 heavy (non-hydrogen) atoms. The summed E-state index contributed by atoms with van der Waals surface area (Å²) in [6.07, 6.45) is 1.86. The molecular weight excluding hydrogens is 287 g/mol. The Balaban J connectivity index is 2.64. The largest absolute Gasteiger partial charge is 0.383 e. The van der Waals surface area contributed by atoms with Gasteiger partial charge in [-0.15, -0.1) is 0 Å². The molecule has 1 aromatic rings. The average molecular weight is 305 g/mol. The predicted molar refractivity (Wildman–Crippen MR) is 71.7 cm³/mol. The lowest BCUT2D eigenvalue weighted by molar-refractivity contribution is 0.182. The molecule has 0 aliphatic heterocycles. The Kier molecular flexibility index (Phi) is 6.47. The van der Waals surface area contributed by atoms with Gasteiger partial charge in [0.1, 0.15) is 5.82 Å². The van der Waals surface area contributed by atoms with Gasteiger partial charge in [0.2, 0.25) is 0 Å². The molecule has 3 N–H and O–H groups in total. The second kappa shape index (κ2) is 7.63. The summed E-state index contributed by atoms with van der Waals surface area (Å²) in [5.41, 5.74) is 6.35. The molecule has 0 spiro atoms. The Morgan fingerprint density at radius 1 is 1.53 bits per heavy atom. The van der Waals surface area contributed by atoms with Crippen molar-refractivity contribution >= 4 is 21.6 Å². The SMILES string of the molecule is COCC(CCCN)Nc1ccc(F)cc1Br. The summed E-state index contributed by atoms with van der Waals surface area (Å²) < 4.78 is 18.8. The van der Waals surface area contributed by atoms with Crippen LogP contribution in [0.15, 0.2) is 22.7 Å². The number of nitrogens with one attached hydrogen (secondary N) is 1. The number of halogens is 2. The summed E-state index contributed by atoms with van der Waals surface area (Å²) in [5, 5.41) is 3.32. The van der Waals surface area contributed by atoms with Crippen LogP contribution in [-0.2, 0) is 4.74 Å². The van der Waals surface area contributed by atoms with E-state index in [1.54, 1.807) is 13.2 Å². The zero-order chi connectivity index (χ0) is 12.7. The minimum absolute atomic E-state index is 0.185. The molecule has 0 radical (unpaired) electrons. The maximum absolute atomic E-state index is 12.9. The smallest absolute Gasteiger partial charge is 0.124 e. The molecule has 0 saturated carbocycles. The van der Waals surface area contributed by atoms with Crippen LogP contribution in [0.4, 0.5) is 10.1 Å². The van der Waals surface area contributed by atoms with Gasteiger partial charge in [-0.3, -0.25) is 0 Å². The molecule has 0 amide bonds.